The Kier molecular flexibility index (Phi) is 4.33. The monoisotopic (exact) mass is 331 g/mol. The van der Waals surface area contributed by atoms with Crippen LogP contribution in [0.5, 0.6) is 0 Å². The summed E-state index contributed by atoms with van der Waals surface area (Å²) in [5, 5.41) is 12.0. The van der Waals surface area contributed by atoms with Gasteiger partial charge in [0.15, 0.2) is 0 Å². The van der Waals surface area contributed by atoms with E-state index in [1.165, 1.54) is 16.5 Å². The van der Waals surface area contributed by atoms with Gasteiger partial charge < -0.3 is 0 Å². The van der Waals surface area contributed by atoms with E-state index in [9.17, 15) is 5.26 Å². The summed E-state index contributed by atoms with van der Waals surface area (Å²) in [6, 6.07) is 35.3. The van der Waals surface area contributed by atoms with Crippen molar-refractivity contribution in [3.8, 4) is 17.2 Å². The first-order valence-corrected chi connectivity index (χ1v) is 8.60. The van der Waals surface area contributed by atoms with E-state index in [4.69, 9.17) is 0 Å². The van der Waals surface area contributed by atoms with Crippen LogP contribution in [0.15, 0.2) is 97.1 Å². The lowest BCUT2D eigenvalue weighted by atomic mass is 9.99. The SMILES string of the molecule is N#C/C(=C/c1ccc(-c2ccccc2)cc1)c1ccc2ccccc2c1. The Hall–Kier alpha value is -3.63. The number of nitriles is 1. The molecule has 1 heteroatoms. The highest BCUT2D eigenvalue weighted by Crippen LogP contribution is 2.24. The summed E-state index contributed by atoms with van der Waals surface area (Å²) in [7, 11) is 0. The predicted octanol–water partition coefficient (Wildman–Crippen LogP) is 6.57. The van der Waals surface area contributed by atoms with Crippen LogP contribution in [0.3, 0.4) is 0 Å². The van der Waals surface area contributed by atoms with Crippen molar-refractivity contribution in [1.29, 1.82) is 5.26 Å². The number of hydrogen-bond donors (Lipinski definition) is 0. The van der Waals surface area contributed by atoms with Gasteiger partial charge in [-0.1, -0.05) is 91.0 Å². The van der Waals surface area contributed by atoms with Gasteiger partial charge in [-0.2, -0.15) is 5.26 Å². The van der Waals surface area contributed by atoms with Crippen LogP contribution < -0.4 is 0 Å². The third-order valence-electron chi connectivity index (χ3n) is 4.51. The Morgan fingerprint density at radius 2 is 1.31 bits per heavy atom. The van der Waals surface area contributed by atoms with Crippen LogP contribution in [0.2, 0.25) is 0 Å². The van der Waals surface area contributed by atoms with Gasteiger partial charge in [-0.15, -0.1) is 0 Å². The van der Waals surface area contributed by atoms with Crippen molar-refractivity contribution in [3.05, 3.63) is 108 Å². The van der Waals surface area contributed by atoms with Gasteiger partial charge in [0.2, 0.25) is 0 Å². The minimum absolute atomic E-state index is 0.670. The zero-order chi connectivity index (χ0) is 17.8. The van der Waals surface area contributed by atoms with Gasteiger partial charge >= 0.3 is 0 Å². The lowest BCUT2D eigenvalue weighted by molar-refractivity contribution is 1.53. The molecule has 0 unspecified atom stereocenters. The van der Waals surface area contributed by atoms with Crippen LogP contribution in [0.4, 0.5) is 0 Å². The largest absolute Gasteiger partial charge is 0.192 e. The fourth-order valence-electron chi connectivity index (χ4n) is 3.11. The Morgan fingerprint density at radius 1 is 0.654 bits per heavy atom. The minimum atomic E-state index is 0.670. The number of nitrogens with zero attached hydrogens (tertiary/aromatic N) is 1. The summed E-state index contributed by atoms with van der Waals surface area (Å²) < 4.78 is 0. The summed E-state index contributed by atoms with van der Waals surface area (Å²) in [5.74, 6) is 0. The topological polar surface area (TPSA) is 23.8 Å². The molecule has 0 saturated carbocycles. The maximum Gasteiger partial charge on any atom is 0.0998 e. The van der Waals surface area contributed by atoms with E-state index in [0.29, 0.717) is 5.57 Å². The highest BCUT2D eigenvalue weighted by molar-refractivity contribution is 5.94. The maximum atomic E-state index is 9.63. The second-order valence-corrected chi connectivity index (χ2v) is 6.22. The van der Waals surface area contributed by atoms with Crippen molar-refractivity contribution in [3.63, 3.8) is 0 Å². The molecule has 26 heavy (non-hydrogen) atoms. The summed E-state index contributed by atoms with van der Waals surface area (Å²) >= 11 is 0. The van der Waals surface area contributed by atoms with Gasteiger partial charge in [0.25, 0.3) is 0 Å². The normalized spacial score (nSPS) is 11.3. The van der Waals surface area contributed by atoms with Crippen molar-refractivity contribution in [2.75, 3.05) is 0 Å². The van der Waals surface area contributed by atoms with E-state index in [-0.39, 0.29) is 0 Å². The number of rotatable bonds is 3. The molecule has 0 aliphatic heterocycles. The summed E-state index contributed by atoms with van der Waals surface area (Å²) in [5.41, 5.74) is 5.00. The van der Waals surface area contributed by atoms with Crippen molar-refractivity contribution >= 4 is 22.4 Å². The smallest absolute Gasteiger partial charge is 0.0998 e. The van der Waals surface area contributed by atoms with E-state index in [2.05, 4.69) is 66.7 Å². The molecule has 0 fully saturated rings. The lowest BCUT2D eigenvalue weighted by Gasteiger charge is -2.04. The number of benzene rings is 4. The molecule has 0 atom stereocenters. The molecule has 0 aliphatic carbocycles. The molecule has 0 N–H and O–H groups in total. The van der Waals surface area contributed by atoms with Gasteiger partial charge in [-0.25, -0.2) is 0 Å². The Labute approximate surface area is 153 Å². The molecule has 1 nitrogen and oxygen atoms in total. The van der Waals surface area contributed by atoms with Crippen molar-refractivity contribution < 1.29 is 0 Å². The first kappa shape index (κ1) is 15.9. The highest BCUT2D eigenvalue weighted by atomic mass is 14.2. The molecule has 0 bridgehead atoms. The molecule has 0 aromatic heterocycles. The van der Waals surface area contributed by atoms with Gasteiger partial charge in [-0.05, 0) is 45.2 Å². The number of hydrogen-bond acceptors (Lipinski definition) is 1. The Morgan fingerprint density at radius 3 is 2.04 bits per heavy atom. The van der Waals surface area contributed by atoms with E-state index in [1.807, 2.05) is 42.5 Å². The summed E-state index contributed by atoms with van der Waals surface area (Å²) in [6.45, 7) is 0. The highest BCUT2D eigenvalue weighted by Gasteiger charge is 2.03. The lowest BCUT2D eigenvalue weighted by Crippen LogP contribution is -1.84. The molecule has 0 saturated heterocycles. The molecule has 4 rings (SSSR count). The van der Waals surface area contributed by atoms with E-state index in [1.54, 1.807) is 0 Å². The predicted molar refractivity (Wildman–Crippen MR) is 109 cm³/mol. The van der Waals surface area contributed by atoms with E-state index < -0.39 is 0 Å². The molecule has 0 amide bonds. The molecule has 0 heterocycles. The van der Waals surface area contributed by atoms with Gasteiger partial charge in [0.05, 0.1) is 11.6 Å². The van der Waals surface area contributed by atoms with Crippen molar-refractivity contribution in [1.82, 2.24) is 0 Å². The number of allylic oxidation sites excluding steroid dienone is 1. The van der Waals surface area contributed by atoms with Crippen LogP contribution in [0, 0.1) is 11.3 Å². The van der Waals surface area contributed by atoms with Crippen molar-refractivity contribution in [2.45, 2.75) is 0 Å². The van der Waals surface area contributed by atoms with Crippen LogP contribution in [0.25, 0.3) is 33.5 Å². The summed E-state index contributed by atoms with van der Waals surface area (Å²) in [6.07, 6.45) is 1.94. The Balaban J connectivity index is 1.67. The molecule has 0 spiro atoms. The van der Waals surface area contributed by atoms with Gasteiger partial charge in [0, 0.05) is 0 Å². The average Bonchev–Trinajstić information content (AvgIpc) is 2.73. The third kappa shape index (κ3) is 3.27. The summed E-state index contributed by atoms with van der Waals surface area (Å²) in [4.78, 5) is 0. The standard InChI is InChI=1S/C25H17N/c26-18-25(24-15-14-21-8-4-5-9-23(21)17-24)16-19-10-12-22(13-11-19)20-6-2-1-3-7-20/h1-17H/b25-16-. The van der Waals surface area contributed by atoms with Gasteiger partial charge in [0.1, 0.15) is 0 Å². The van der Waals surface area contributed by atoms with Crippen LogP contribution >= 0.6 is 0 Å². The molecule has 4 aromatic rings. The van der Waals surface area contributed by atoms with Crippen LogP contribution in [0.1, 0.15) is 11.1 Å². The second kappa shape index (κ2) is 7.09. The molecule has 0 aliphatic rings. The minimum Gasteiger partial charge on any atom is -0.192 e. The van der Waals surface area contributed by atoms with Crippen molar-refractivity contribution in [2.24, 2.45) is 0 Å². The Bertz CT molecular complexity index is 1110. The van der Waals surface area contributed by atoms with E-state index >= 15 is 0 Å². The molecule has 122 valence electrons. The first-order chi connectivity index (χ1) is 12.8. The first-order valence-electron chi connectivity index (χ1n) is 8.60. The second-order valence-electron chi connectivity index (χ2n) is 6.22. The fraction of sp³-hybridized carbons (Fsp3) is 0. The third-order valence-corrected chi connectivity index (χ3v) is 4.51. The van der Waals surface area contributed by atoms with Crippen LogP contribution in [-0.2, 0) is 0 Å². The molecule has 0 radical (unpaired) electrons. The maximum absolute atomic E-state index is 9.63. The molecular weight excluding hydrogens is 314 g/mol. The zero-order valence-corrected chi connectivity index (χ0v) is 14.3. The quantitative estimate of drug-likeness (QED) is 0.307. The fourth-order valence-corrected chi connectivity index (χ4v) is 3.11. The van der Waals surface area contributed by atoms with Gasteiger partial charge in [-0.3, -0.25) is 0 Å². The molecule has 4 aromatic carbocycles. The molecular formula is C25H17N. The zero-order valence-electron chi connectivity index (χ0n) is 14.3. The van der Waals surface area contributed by atoms with E-state index in [0.717, 1.165) is 16.5 Å². The number of fused-ring (bicyclic) bond motifs is 1. The van der Waals surface area contributed by atoms with Crippen LogP contribution in [-0.4, -0.2) is 0 Å². The average molecular weight is 331 g/mol.